The van der Waals surface area contributed by atoms with Crippen LogP contribution in [0.5, 0.6) is 0 Å². The Labute approximate surface area is 168 Å². The Morgan fingerprint density at radius 1 is 0.815 bits per heavy atom. The third-order valence-electron chi connectivity index (χ3n) is 4.02. The Bertz CT molecular complexity index is 527. The fourth-order valence-corrected chi connectivity index (χ4v) is 3.55. The Hall–Kier alpha value is -0.910. The molecule has 27 heavy (non-hydrogen) atoms. The fourth-order valence-electron chi connectivity index (χ4n) is 2.59. The predicted octanol–water partition coefficient (Wildman–Crippen LogP) is 6.06. The van der Waals surface area contributed by atoms with Gasteiger partial charge >= 0.3 is 0 Å². The molecule has 0 aromatic heterocycles. The van der Waals surface area contributed by atoms with Crippen molar-refractivity contribution < 1.29 is 12.6 Å². The summed E-state index contributed by atoms with van der Waals surface area (Å²) in [6, 6.07) is 8.67. The summed E-state index contributed by atoms with van der Waals surface area (Å²) in [7, 11) is -3.57. The summed E-state index contributed by atoms with van der Waals surface area (Å²) in [5.41, 5.74) is 5.11. The molecular weight excluding hydrogens is 358 g/mol. The summed E-state index contributed by atoms with van der Waals surface area (Å²) in [6.45, 7) is 6.42. The Morgan fingerprint density at radius 3 is 1.67 bits per heavy atom. The van der Waals surface area contributed by atoms with E-state index in [4.69, 9.17) is 9.92 Å². The topological polar surface area (TPSA) is 69.4 Å². The van der Waals surface area contributed by atoms with E-state index in [1.54, 1.807) is 30.3 Å². The molecule has 0 amide bonds. The van der Waals surface area contributed by atoms with E-state index in [1.165, 1.54) is 57.8 Å². The van der Waals surface area contributed by atoms with E-state index in [1.807, 2.05) is 13.8 Å². The van der Waals surface area contributed by atoms with Crippen LogP contribution in [0.2, 0.25) is 0 Å². The standard InChI is InChI=1S/C19H32O3S.C3H9N/c1-2-3-4-5-6-7-8-9-10-11-15-18-22-23(20,21)19-16-13-12-14-17-19;1-3(2)4/h12-14,16-17H,2-11,15,18H2,1H3;3H,4H2,1-2H3. The van der Waals surface area contributed by atoms with E-state index in [0.29, 0.717) is 6.04 Å². The lowest BCUT2D eigenvalue weighted by Crippen LogP contribution is -2.07. The van der Waals surface area contributed by atoms with Gasteiger partial charge in [-0.05, 0) is 24.6 Å². The van der Waals surface area contributed by atoms with E-state index in [0.717, 1.165) is 12.8 Å². The molecule has 0 aliphatic heterocycles. The number of unbranched alkanes of at least 4 members (excludes halogenated alkanes) is 10. The van der Waals surface area contributed by atoms with Crippen molar-refractivity contribution in [3.05, 3.63) is 30.3 Å². The molecular formula is C22H41NO3S. The fraction of sp³-hybridized carbons (Fsp3) is 0.727. The summed E-state index contributed by atoms with van der Waals surface area (Å²) in [4.78, 5) is 0.239. The Kier molecular flexibility index (Phi) is 16.6. The summed E-state index contributed by atoms with van der Waals surface area (Å²) >= 11 is 0. The van der Waals surface area contributed by atoms with Crippen molar-refractivity contribution in [1.29, 1.82) is 0 Å². The van der Waals surface area contributed by atoms with Crippen molar-refractivity contribution in [2.75, 3.05) is 6.61 Å². The van der Waals surface area contributed by atoms with Crippen LogP contribution in [-0.2, 0) is 14.3 Å². The highest BCUT2D eigenvalue weighted by Gasteiger charge is 2.13. The quantitative estimate of drug-likeness (QED) is 0.305. The first-order valence-corrected chi connectivity index (χ1v) is 12.0. The zero-order chi connectivity index (χ0) is 20.4. The maximum Gasteiger partial charge on any atom is 0.296 e. The van der Waals surface area contributed by atoms with Gasteiger partial charge in [-0.3, -0.25) is 4.18 Å². The van der Waals surface area contributed by atoms with Gasteiger partial charge < -0.3 is 5.73 Å². The van der Waals surface area contributed by atoms with Crippen LogP contribution in [-0.4, -0.2) is 21.1 Å². The lowest BCUT2D eigenvalue weighted by Gasteiger charge is -2.05. The van der Waals surface area contributed by atoms with Crippen LogP contribution < -0.4 is 5.73 Å². The second-order valence-corrected chi connectivity index (χ2v) is 8.98. The molecule has 1 rings (SSSR count). The molecule has 5 heteroatoms. The van der Waals surface area contributed by atoms with E-state index < -0.39 is 10.1 Å². The average molecular weight is 400 g/mol. The Balaban J connectivity index is 0.00000153. The van der Waals surface area contributed by atoms with Crippen molar-refractivity contribution >= 4 is 10.1 Å². The van der Waals surface area contributed by atoms with Crippen LogP contribution in [0.3, 0.4) is 0 Å². The molecule has 0 bridgehead atoms. The van der Waals surface area contributed by atoms with Crippen LogP contribution in [0.4, 0.5) is 0 Å². The van der Waals surface area contributed by atoms with Gasteiger partial charge in [0.2, 0.25) is 0 Å². The highest BCUT2D eigenvalue weighted by atomic mass is 32.2. The molecule has 1 aromatic rings. The molecule has 158 valence electrons. The smallest absolute Gasteiger partial charge is 0.296 e. The molecule has 0 atom stereocenters. The van der Waals surface area contributed by atoms with Crippen LogP contribution in [0.25, 0.3) is 0 Å². The molecule has 0 aliphatic rings. The van der Waals surface area contributed by atoms with E-state index in [-0.39, 0.29) is 11.5 Å². The van der Waals surface area contributed by atoms with Crippen molar-refractivity contribution in [3.8, 4) is 0 Å². The number of hydrogen-bond acceptors (Lipinski definition) is 4. The molecule has 1 aromatic carbocycles. The summed E-state index contributed by atoms with van der Waals surface area (Å²) in [5, 5.41) is 0. The van der Waals surface area contributed by atoms with Gasteiger partial charge in [-0.25, -0.2) is 0 Å². The van der Waals surface area contributed by atoms with Crippen LogP contribution in [0.15, 0.2) is 35.2 Å². The molecule has 4 nitrogen and oxygen atoms in total. The van der Waals surface area contributed by atoms with Gasteiger partial charge in [0, 0.05) is 0 Å². The van der Waals surface area contributed by atoms with Crippen LogP contribution in [0.1, 0.15) is 91.4 Å². The molecule has 0 saturated heterocycles. The van der Waals surface area contributed by atoms with Crippen molar-refractivity contribution in [2.24, 2.45) is 5.73 Å². The highest BCUT2D eigenvalue weighted by Crippen LogP contribution is 2.14. The minimum atomic E-state index is -3.57. The van der Waals surface area contributed by atoms with Gasteiger partial charge in [0.25, 0.3) is 10.1 Å². The number of rotatable bonds is 14. The number of nitrogens with two attached hydrogens (primary N) is 1. The minimum Gasteiger partial charge on any atom is -0.328 e. The van der Waals surface area contributed by atoms with E-state index >= 15 is 0 Å². The number of benzene rings is 1. The van der Waals surface area contributed by atoms with Crippen molar-refractivity contribution in [2.45, 2.75) is 102 Å². The second-order valence-electron chi connectivity index (χ2n) is 7.37. The molecule has 0 heterocycles. The zero-order valence-electron chi connectivity index (χ0n) is 17.7. The molecule has 0 unspecified atom stereocenters. The molecule has 0 aliphatic carbocycles. The Morgan fingerprint density at radius 2 is 1.22 bits per heavy atom. The summed E-state index contributed by atoms with van der Waals surface area (Å²) in [6.07, 6.45) is 13.7. The summed E-state index contributed by atoms with van der Waals surface area (Å²) in [5.74, 6) is 0. The second kappa shape index (κ2) is 17.2. The zero-order valence-corrected chi connectivity index (χ0v) is 18.5. The van der Waals surface area contributed by atoms with Gasteiger partial charge in [0.1, 0.15) is 0 Å². The first-order valence-electron chi connectivity index (χ1n) is 10.6. The van der Waals surface area contributed by atoms with E-state index in [9.17, 15) is 8.42 Å². The van der Waals surface area contributed by atoms with Crippen LogP contribution in [0, 0.1) is 0 Å². The third kappa shape index (κ3) is 17.0. The molecule has 0 radical (unpaired) electrons. The van der Waals surface area contributed by atoms with Gasteiger partial charge in [0.15, 0.2) is 0 Å². The van der Waals surface area contributed by atoms with Gasteiger partial charge in [0.05, 0.1) is 11.5 Å². The third-order valence-corrected chi connectivity index (χ3v) is 5.34. The monoisotopic (exact) mass is 399 g/mol. The van der Waals surface area contributed by atoms with Crippen molar-refractivity contribution in [1.82, 2.24) is 0 Å². The number of hydrogen-bond donors (Lipinski definition) is 1. The van der Waals surface area contributed by atoms with E-state index in [2.05, 4.69) is 6.92 Å². The maximum absolute atomic E-state index is 11.9. The maximum atomic E-state index is 11.9. The highest BCUT2D eigenvalue weighted by molar-refractivity contribution is 7.86. The SMILES string of the molecule is CC(C)N.CCCCCCCCCCCCCOS(=O)(=O)c1ccccc1. The molecule has 2 N–H and O–H groups in total. The van der Waals surface area contributed by atoms with Crippen molar-refractivity contribution in [3.63, 3.8) is 0 Å². The molecule has 0 saturated carbocycles. The predicted molar refractivity (Wildman–Crippen MR) is 115 cm³/mol. The lowest BCUT2D eigenvalue weighted by molar-refractivity contribution is 0.306. The molecule has 0 fully saturated rings. The lowest BCUT2D eigenvalue weighted by atomic mass is 10.1. The normalized spacial score (nSPS) is 11.3. The van der Waals surface area contributed by atoms with Gasteiger partial charge in [-0.15, -0.1) is 0 Å². The molecule has 0 spiro atoms. The largest absolute Gasteiger partial charge is 0.328 e. The minimum absolute atomic E-state index is 0.239. The van der Waals surface area contributed by atoms with Gasteiger partial charge in [-0.2, -0.15) is 8.42 Å². The first kappa shape index (κ1) is 26.1. The van der Waals surface area contributed by atoms with Crippen LogP contribution >= 0.6 is 0 Å². The average Bonchev–Trinajstić information content (AvgIpc) is 2.63. The van der Waals surface area contributed by atoms with Gasteiger partial charge in [-0.1, -0.05) is 103 Å². The summed E-state index contributed by atoms with van der Waals surface area (Å²) < 4.78 is 28.9. The first-order chi connectivity index (χ1) is 12.9.